The number of hydrogen-bond acceptors (Lipinski definition) is 12. The smallest absolute Gasteiger partial charge is 0.309 e. The van der Waals surface area contributed by atoms with Crippen LogP contribution in [-0.4, -0.2) is 88.8 Å². The van der Waals surface area contributed by atoms with Gasteiger partial charge in [-0.15, -0.1) is 5.10 Å². The third-order valence-corrected chi connectivity index (χ3v) is 8.80. The minimum atomic E-state index is -3.29. The maximum absolute atomic E-state index is 14.7. The van der Waals surface area contributed by atoms with Gasteiger partial charge >= 0.3 is 4.87 Å². The lowest BCUT2D eigenvalue weighted by Crippen LogP contribution is -2.47. The Morgan fingerprint density at radius 2 is 1.88 bits per heavy atom. The average molecular weight is 621 g/mol. The third-order valence-electron chi connectivity index (χ3n) is 6.92. The van der Waals surface area contributed by atoms with E-state index in [1.807, 2.05) is 0 Å². The first-order valence-corrected chi connectivity index (χ1v) is 15.8. The van der Waals surface area contributed by atoms with Gasteiger partial charge in [0.05, 0.1) is 17.7 Å². The van der Waals surface area contributed by atoms with Crippen LogP contribution in [0.1, 0.15) is 0 Å². The lowest BCUT2D eigenvalue weighted by molar-refractivity contribution is 0.247. The molecule has 0 bridgehead atoms. The van der Waals surface area contributed by atoms with Gasteiger partial charge in [0, 0.05) is 57.7 Å². The van der Waals surface area contributed by atoms with Crippen LogP contribution < -0.4 is 20.2 Å². The standard InChI is InChI=1S/C25H26F2N8O5S2/c1-42(37,38)12-11-40-19-14-17(15(26)13-16(19)27)33-7-4-32(5-8-33)6-9-34-22-20(41-25(34)36)23-29-21(18-3-2-10-39-18)31-35(23)24(28)30-22/h2-3,10,13-14H,4-9,11-12H2,1H3,(H2,28,30). The molecule has 5 aromatic rings. The Morgan fingerprint density at radius 1 is 1.10 bits per heavy atom. The van der Waals surface area contributed by atoms with Crippen LogP contribution in [0.25, 0.3) is 27.6 Å². The predicted octanol–water partition coefficient (Wildman–Crippen LogP) is 1.87. The number of halogens is 2. The average Bonchev–Trinajstić information content (AvgIpc) is 3.68. The molecule has 42 heavy (non-hydrogen) atoms. The number of aromatic nitrogens is 5. The van der Waals surface area contributed by atoms with Gasteiger partial charge < -0.3 is 19.8 Å². The molecule has 13 nitrogen and oxygen atoms in total. The highest BCUT2D eigenvalue weighted by Gasteiger charge is 2.24. The summed E-state index contributed by atoms with van der Waals surface area (Å²) in [4.78, 5) is 25.6. The van der Waals surface area contributed by atoms with E-state index in [9.17, 15) is 22.0 Å². The number of nitrogens with two attached hydrogens (primary N) is 1. The maximum atomic E-state index is 14.7. The van der Waals surface area contributed by atoms with Crippen molar-refractivity contribution in [2.24, 2.45) is 0 Å². The van der Waals surface area contributed by atoms with E-state index < -0.39 is 21.5 Å². The number of hydrogen-bond donors (Lipinski definition) is 1. The molecule has 6 rings (SSSR count). The fourth-order valence-electron chi connectivity index (χ4n) is 4.76. The van der Waals surface area contributed by atoms with Gasteiger partial charge in [-0.2, -0.15) is 9.50 Å². The summed E-state index contributed by atoms with van der Waals surface area (Å²) in [6.45, 7) is 2.67. The first-order chi connectivity index (χ1) is 20.1. The fourth-order valence-corrected chi connectivity index (χ4v) is 6.08. The van der Waals surface area contributed by atoms with Gasteiger partial charge in [0.2, 0.25) is 11.8 Å². The summed E-state index contributed by atoms with van der Waals surface area (Å²) >= 11 is 1.01. The molecule has 0 radical (unpaired) electrons. The Labute approximate surface area is 241 Å². The zero-order chi connectivity index (χ0) is 29.6. The predicted molar refractivity (Wildman–Crippen MR) is 153 cm³/mol. The van der Waals surface area contributed by atoms with Crippen molar-refractivity contribution in [3.05, 3.63) is 51.8 Å². The summed E-state index contributed by atoms with van der Waals surface area (Å²) in [5, 5.41) is 4.36. The first kappa shape index (κ1) is 28.0. The number of ether oxygens (including phenoxy) is 1. The lowest BCUT2D eigenvalue weighted by atomic mass is 10.2. The van der Waals surface area contributed by atoms with E-state index in [-0.39, 0.29) is 34.6 Å². The number of nitrogen functional groups attached to an aromatic ring is 1. The van der Waals surface area contributed by atoms with Gasteiger partial charge in [0.1, 0.15) is 17.1 Å². The molecule has 1 saturated heterocycles. The van der Waals surface area contributed by atoms with Crippen molar-refractivity contribution in [2.75, 3.05) is 62.0 Å². The van der Waals surface area contributed by atoms with Gasteiger partial charge in [-0.05, 0) is 12.1 Å². The molecule has 0 aliphatic carbocycles. The molecule has 17 heteroatoms. The van der Waals surface area contributed by atoms with Gasteiger partial charge in [0.15, 0.2) is 38.5 Å². The summed E-state index contributed by atoms with van der Waals surface area (Å²) in [6.07, 6.45) is 2.57. The Balaban J connectivity index is 1.13. The topological polar surface area (TPSA) is 154 Å². The Kier molecular flexibility index (Phi) is 7.32. The maximum Gasteiger partial charge on any atom is 0.309 e. The van der Waals surface area contributed by atoms with Crippen LogP contribution >= 0.6 is 11.3 Å². The highest BCUT2D eigenvalue weighted by molar-refractivity contribution is 7.90. The summed E-state index contributed by atoms with van der Waals surface area (Å²) in [5.74, 6) is -1.23. The molecule has 1 aliphatic rings. The minimum absolute atomic E-state index is 0.0870. The fraction of sp³-hybridized carbons (Fsp3) is 0.360. The van der Waals surface area contributed by atoms with Crippen molar-refractivity contribution in [1.82, 2.24) is 29.0 Å². The third kappa shape index (κ3) is 5.54. The summed E-state index contributed by atoms with van der Waals surface area (Å²) < 4.78 is 65.8. The van der Waals surface area contributed by atoms with Gasteiger partial charge in [-0.25, -0.2) is 22.2 Å². The zero-order valence-electron chi connectivity index (χ0n) is 22.4. The number of fused-ring (bicyclic) bond motifs is 3. The van der Waals surface area contributed by atoms with Crippen molar-refractivity contribution in [3.63, 3.8) is 0 Å². The van der Waals surface area contributed by atoms with Crippen molar-refractivity contribution < 1.29 is 26.4 Å². The quantitative estimate of drug-likeness (QED) is 0.257. The molecule has 0 spiro atoms. The van der Waals surface area contributed by atoms with Gasteiger partial charge in [0.25, 0.3) is 0 Å². The van der Waals surface area contributed by atoms with E-state index in [0.29, 0.717) is 66.8 Å². The summed E-state index contributed by atoms with van der Waals surface area (Å²) in [6, 6.07) is 5.45. The number of anilines is 2. The van der Waals surface area contributed by atoms with Crippen LogP contribution in [0.2, 0.25) is 0 Å². The number of thiazole rings is 1. The van der Waals surface area contributed by atoms with E-state index in [4.69, 9.17) is 14.9 Å². The molecule has 1 aromatic carbocycles. The van der Waals surface area contributed by atoms with Crippen LogP contribution in [0.15, 0.2) is 39.7 Å². The monoisotopic (exact) mass is 620 g/mol. The molecular formula is C25H26F2N8O5S2. The largest absolute Gasteiger partial charge is 0.489 e. The van der Waals surface area contributed by atoms with Crippen LogP contribution in [0.5, 0.6) is 5.75 Å². The molecule has 4 aromatic heterocycles. The number of furan rings is 1. The van der Waals surface area contributed by atoms with E-state index in [1.54, 1.807) is 21.6 Å². The number of nitrogens with zero attached hydrogens (tertiary/aromatic N) is 7. The van der Waals surface area contributed by atoms with Crippen molar-refractivity contribution in [1.29, 1.82) is 0 Å². The number of piperazine rings is 1. The van der Waals surface area contributed by atoms with Crippen LogP contribution in [0.4, 0.5) is 20.4 Å². The normalized spacial score (nSPS) is 14.8. The van der Waals surface area contributed by atoms with E-state index in [1.165, 1.54) is 16.8 Å². The second-order valence-corrected chi connectivity index (χ2v) is 13.1. The highest BCUT2D eigenvalue weighted by atomic mass is 32.2. The second-order valence-electron chi connectivity index (χ2n) is 9.83. The van der Waals surface area contributed by atoms with E-state index in [2.05, 4.69) is 20.0 Å². The van der Waals surface area contributed by atoms with E-state index >= 15 is 0 Å². The molecule has 1 fully saturated rings. The van der Waals surface area contributed by atoms with E-state index in [0.717, 1.165) is 23.7 Å². The van der Waals surface area contributed by atoms with Crippen LogP contribution in [0.3, 0.4) is 0 Å². The molecule has 2 N–H and O–H groups in total. The van der Waals surface area contributed by atoms with Crippen molar-refractivity contribution in [2.45, 2.75) is 6.54 Å². The number of benzene rings is 1. The summed E-state index contributed by atoms with van der Waals surface area (Å²) in [7, 11) is -3.29. The number of rotatable bonds is 9. The van der Waals surface area contributed by atoms with Crippen LogP contribution in [0, 0.1) is 11.6 Å². The molecular weight excluding hydrogens is 594 g/mol. The number of sulfone groups is 1. The zero-order valence-corrected chi connectivity index (χ0v) is 24.0. The van der Waals surface area contributed by atoms with Crippen molar-refractivity contribution in [3.8, 4) is 17.3 Å². The SMILES string of the molecule is CS(=O)(=O)CCOc1cc(N2CCN(CCn3c(=O)sc4c3nc(N)n3nc(-c5ccco5)nc43)CC2)c(F)cc1F. The Morgan fingerprint density at radius 3 is 2.60 bits per heavy atom. The summed E-state index contributed by atoms with van der Waals surface area (Å²) in [5.41, 5.74) is 7.17. The molecule has 1 aliphatic heterocycles. The lowest BCUT2D eigenvalue weighted by Gasteiger charge is -2.36. The molecule has 0 unspecified atom stereocenters. The Bertz CT molecular complexity index is 1930. The minimum Gasteiger partial charge on any atom is -0.489 e. The van der Waals surface area contributed by atoms with Crippen LogP contribution in [-0.2, 0) is 16.4 Å². The van der Waals surface area contributed by atoms with Crippen molar-refractivity contribution >= 4 is 48.8 Å². The Hall–Kier alpha value is -4.09. The van der Waals surface area contributed by atoms with Gasteiger partial charge in [-0.3, -0.25) is 14.3 Å². The molecule has 0 atom stereocenters. The molecule has 0 saturated carbocycles. The molecule has 222 valence electrons. The second kappa shape index (κ2) is 11.0. The van der Waals surface area contributed by atoms with Gasteiger partial charge in [-0.1, -0.05) is 11.3 Å². The molecule has 5 heterocycles. The first-order valence-electron chi connectivity index (χ1n) is 12.9. The highest BCUT2D eigenvalue weighted by Crippen LogP contribution is 2.29. The molecule has 0 amide bonds.